The summed E-state index contributed by atoms with van der Waals surface area (Å²) >= 11 is 0. The highest BCUT2D eigenvalue weighted by atomic mass is 16.5. The van der Waals surface area contributed by atoms with E-state index in [0.29, 0.717) is 12.6 Å². The van der Waals surface area contributed by atoms with Gasteiger partial charge in [-0.15, -0.1) is 0 Å². The minimum atomic E-state index is 0.298. The molecule has 0 bridgehead atoms. The summed E-state index contributed by atoms with van der Waals surface area (Å²) in [5.74, 6) is 0.861. The Morgan fingerprint density at radius 3 is 2.79 bits per heavy atom. The fourth-order valence-electron chi connectivity index (χ4n) is 1.29. The van der Waals surface area contributed by atoms with E-state index in [1.807, 2.05) is 24.3 Å². The smallest absolute Gasteiger partial charge is 0.120 e. The van der Waals surface area contributed by atoms with Crippen molar-refractivity contribution in [3.63, 3.8) is 0 Å². The molecule has 0 radical (unpaired) electrons. The van der Waals surface area contributed by atoms with E-state index < -0.39 is 0 Å². The average molecular weight is 195 g/mol. The van der Waals surface area contributed by atoms with Crippen molar-refractivity contribution in [1.29, 1.82) is 0 Å². The molecule has 0 unspecified atom stereocenters. The number of hydrogen-bond acceptors (Lipinski definition) is 3. The van der Waals surface area contributed by atoms with Crippen molar-refractivity contribution in [3.05, 3.63) is 24.3 Å². The van der Waals surface area contributed by atoms with Gasteiger partial charge in [0.25, 0.3) is 0 Å². The molecule has 0 amide bonds. The van der Waals surface area contributed by atoms with Gasteiger partial charge in [0.2, 0.25) is 0 Å². The van der Waals surface area contributed by atoms with Crippen molar-refractivity contribution in [1.82, 2.24) is 0 Å². The Morgan fingerprint density at radius 1 is 1.36 bits per heavy atom. The highest BCUT2D eigenvalue weighted by Crippen LogP contribution is 2.17. The molecule has 0 spiro atoms. The molecule has 1 N–H and O–H groups in total. The lowest BCUT2D eigenvalue weighted by molar-refractivity contribution is 0.190. The first-order valence-electron chi connectivity index (χ1n) is 4.65. The zero-order chi connectivity index (χ0) is 10.4. The lowest BCUT2D eigenvalue weighted by Crippen LogP contribution is -2.20. The molecule has 1 atom stereocenters. The summed E-state index contributed by atoms with van der Waals surface area (Å²) in [4.78, 5) is 0. The Hall–Kier alpha value is -1.22. The van der Waals surface area contributed by atoms with Gasteiger partial charge >= 0.3 is 0 Å². The number of ether oxygens (including phenoxy) is 2. The summed E-state index contributed by atoms with van der Waals surface area (Å²) in [5, 5.41) is 3.31. The maximum atomic E-state index is 5.13. The van der Waals surface area contributed by atoms with Gasteiger partial charge in [0, 0.05) is 24.9 Å². The third kappa shape index (κ3) is 3.26. The van der Waals surface area contributed by atoms with Crippen LogP contribution in [0.25, 0.3) is 0 Å². The maximum absolute atomic E-state index is 5.13. The van der Waals surface area contributed by atoms with E-state index in [9.17, 15) is 0 Å². The van der Waals surface area contributed by atoms with Crippen molar-refractivity contribution in [2.24, 2.45) is 0 Å². The van der Waals surface area contributed by atoms with Crippen LogP contribution in [-0.4, -0.2) is 26.9 Å². The molecule has 0 aliphatic heterocycles. The zero-order valence-corrected chi connectivity index (χ0v) is 8.91. The van der Waals surface area contributed by atoms with Crippen LogP contribution in [0.3, 0.4) is 0 Å². The molecule has 0 aliphatic carbocycles. The second-order valence-electron chi connectivity index (χ2n) is 3.23. The molecular weight excluding hydrogens is 178 g/mol. The van der Waals surface area contributed by atoms with Crippen LogP contribution in [0.4, 0.5) is 5.69 Å². The molecule has 0 saturated heterocycles. The van der Waals surface area contributed by atoms with E-state index in [1.165, 1.54) is 0 Å². The van der Waals surface area contributed by atoms with Crippen LogP contribution >= 0.6 is 0 Å². The molecule has 0 saturated carbocycles. The SMILES string of the molecule is COC[C@H](C)Nc1cccc(OC)c1. The first kappa shape index (κ1) is 10.9. The molecule has 0 heterocycles. The monoisotopic (exact) mass is 195 g/mol. The normalized spacial score (nSPS) is 12.2. The topological polar surface area (TPSA) is 30.5 Å². The zero-order valence-electron chi connectivity index (χ0n) is 8.91. The van der Waals surface area contributed by atoms with Gasteiger partial charge in [0.1, 0.15) is 5.75 Å². The first-order valence-corrected chi connectivity index (χ1v) is 4.65. The van der Waals surface area contributed by atoms with Crippen molar-refractivity contribution in [2.45, 2.75) is 13.0 Å². The van der Waals surface area contributed by atoms with Crippen molar-refractivity contribution in [3.8, 4) is 5.75 Å². The highest BCUT2D eigenvalue weighted by Gasteiger charge is 2.01. The summed E-state index contributed by atoms with van der Waals surface area (Å²) in [6, 6.07) is 8.15. The molecular formula is C11H17NO2. The first-order chi connectivity index (χ1) is 6.76. The molecule has 14 heavy (non-hydrogen) atoms. The van der Waals surface area contributed by atoms with E-state index in [2.05, 4.69) is 12.2 Å². The van der Waals surface area contributed by atoms with Crippen molar-refractivity contribution in [2.75, 3.05) is 26.1 Å². The Bertz CT molecular complexity index is 276. The predicted octanol–water partition coefficient (Wildman–Crippen LogP) is 2.14. The van der Waals surface area contributed by atoms with E-state index in [0.717, 1.165) is 11.4 Å². The molecule has 0 fully saturated rings. The Kier molecular flexibility index (Phi) is 4.26. The standard InChI is InChI=1S/C11H17NO2/c1-9(8-13-2)12-10-5-4-6-11(7-10)14-3/h4-7,9,12H,8H2,1-3H3/t9-/m0/s1. The van der Waals surface area contributed by atoms with Crippen LogP contribution in [0, 0.1) is 0 Å². The second-order valence-corrected chi connectivity index (χ2v) is 3.23. The van der Waals surface area contributed by atoms with Gasteiger partial charge in [0.05, 0.1) is 13.7 Å². The van der Waals surface area contributed by atoms with Gasteiger partial charge in [-0.2, -0.15) is 0 Å². The summed E-state index contributed by atoms with van der Waals surface area (Å²) in [7, 11) is 3.36. The number of methoxy groups -OCH3 is 2. The van der Waals surface area contributed by atoms with E-state index in [1.54, 1.807) is 14.2 Å². The number of anilines is 1. The molecule has 1 aromatic carbocycles. The summed E-state index contributed by atoms with van der Waals surface area (Å²) in [5.41, 5.74) is 1.05. The van der Waals surface area contributed by atoms with E-state index >= 15 is 0 Å². The number of benzene rings is 1. The van der Waals surface area contributed by atoms with Gasteiger partial charge in [-0.3, -0.25) is 0 Å². The number of nitrogens with one attached hydrogen (secondary N) is 1. The van der Waals surface area contributed by atoms with Gasteiger partial charge in [-0.05, 0) is 19.1 Å². The quantitative estimate of drug-likeness (QED) is 0.780. The van der Waals surface area contributed by atoms with Crippen molar-refractivity contribution >= 4 is 5.69 Å². The molecule has 1 aromatic rings. The van der Waals surface area contributed by atoms with E-state index in [4.69, 9.17) is 9.47 Å². The minimum absolute atomic E-state index is 0.298. The summed E-state index contributed by atoms with van der Waals surface area (Å²) < 4.78 is 10.2. The third-order valence-electron chi connectivity index (χ3n) is 1.90. The lowest BCUT2D eigenvalue weighted by atomic mass is 10.2. The molecule has 3 nitrogen and oxygen atoms in total. The van der Waals surface area contributed by atoms with Crippen molar-refractivity contribution < 1.29 is 9.47 Å². The third-order valence-corrected chi connectivity index (χ3v) is 1.90. The van der Waals surface area contributed by atoms with E-state index in [-0.39, 0.29) is 0 Å². The van der Waals surface area contributed by atoms with Crippen LogP contribution < -0.4 is 10.1 Å². The second kappa shape index (κ2) is 5.50. The lowest BCUT2D eigenvalue weighted by Gasteiger charge is -2.14. The van der Waals surface area contributed by atoms with Crippen LogP contribution in [-0.2, 0) is 4.74 Å². The van der Waals surface area contributed by atoms with Crippen LogP contribution in [0.1, 0.15) is 6.92 Å². The van der Waals surface area contributed by atoms with Crippen LogP contribution in [0.5, 0.6) is 5.75 Å². The van der Waals surface area contributed by atoms with Gasteiger partial charge in [-0.25, -0.2) is 0 Å². The predicted molar refractivity (Wildman–Crippen MR) is 58.0 cm³/mol. The molecule has 78 valence electrons. The molecule has 3 heteroatoms. The maximum Gasteiger partial charge on any atom is 0.120 e. The Morgan fingerprint density at radius 2 is 2.14 bits per heavy atom. The Labute approximate surface area is 85.0 Å². The molecule has 0 aliphatic rings. The molecule has 1 rings (SSSR count). The van der Waals surface area contributed by atoms with Gasteiger partial charge < -0.3 is 14.8 Å². The highest BCUT2D eigenvalue weighted by molar-refractivity contribution is 5.48. The molecule has 0 aromatic heterocycles. The number of hydrogen-bond donors (Lipinski definition) is 1. The van der Waals surface area contributed by atoms with Crippen LogP contribution in [0.15, 0.2) is 24.3 Å². The van der Waals surface area contributed by atoms with Gasteiger partial charge in [0.15, 0.2) is 0 Å². The average Bonchev–Trinajstić information content (AvgIpc) is 2.18. The number of rotatable bonds is 5. The fourth-order valence-corrected chi connectivity index (χ4v) is 1.29. The summed E-state index contributed by atoms with van der Waals surface area (Å²) in [6.07, 6.45) is 0. The minimum Gasteiger partial charge on any atom is -0.497 e. The van der Waals surface area contributed by atoms with Gasteiger partial charge in [-0.1, -0.05) is 6.07 Å². The Balaban J connectivity index is 2.57. The fraction of sp³-hybridized carbons (Fsp3) is 0.455. The van der Waals surface area contributed by atoms with Crippen LogP contribution in [0.2, 0.25) is 0 Å². The largest absolute Gasteiger partial charge is 0.497 e. The summed E-state index contributed by atoms with van der Waals surface area (Å²) in [6.45, 7) is 2.76.